The zero-order valence-electron chi connectivity index (χ0n) is 8.06. The summed E-state index contributed by atoms with van der Waals surface area (Å²) in [5, 5.41) is 2.93. The van der Waals surface area contributed by atoms with Crippen molar-refractivity contribution in [3.05, 3.63) is 18.2 Å². The maximum atomic E-state index is 11.2. The van der Waals surface area contributed by atoms with E-state index in [0.29, 0.717) is 12.3 Å². The fourth-order valence-corrected chi connectivity index (χ4v) is 1.12. The Kier molecular flexibility index (Phi) is 4.56. The lowest BCUT2D eigenvalue weighted by Crippen LogP contribution is -2.09. The number of carbonyl (C=O) groups excluding carboxylic acids is 1. The third-order valence-electron chi connectivity index (χ3n) is 1.63. The molecule has 14 heavy (non-hydrogen) atoms. The molecule has 1 aromatic rings. The topological polar surface area (TPSA) is 56.1 Å². The number of imidazole rings is 1. The number of ether oxygens (including phenoxy) is 1. The van der Waals surface area contributed by atoms with Gasteiger partial charge in [0, 0.05) is 19.3 Å². The number of esters is 1. The molecule has 1 N–H and O–H groups in total. The predicted octanol–water partition coefficient (Wildman–Crippen LogP) is 0.439. The van der Waals surface area contributed by atoms with Crippen molar-refractivity contribution in [3.8, 4) is 0 Å². The van der Waals surface area contributed by atoms with Crippen LogP contribution in [0.5, 0.6) is 0 Å². The van der Waals surface area contributed by atoms with Crippen LogP contribution in [0, 0.1) is 0 Å². The van der Waals surface area contributed by atoms with Gasteiger partial charge in [-0.25, -0.2) is 9.78 Å². The first-order chi connectivity index (χ1) is 6.77. The van der Waals surface area contributed by atoms with Crippen molar-refractivity contribution >= 4 is 15.4 Å². The summed E-state index contributed by atoms with van der Waals surface area (Å²) in [4.78, 5) is 15.2. The number of hydrogen-bond donors (Lipinski definition) is 1. The molecular weight excluding hydrogens is 201 g/mol. The molecule has 78 valence electrons. The van der Waals surface area contributed by atoms with Gasteiger partial charge in [-0.05, 0) is 6.92 Å². The summed E-state index contributed by atoms with van der Waals surface area (Å²) in [6.45, 7) is 3.73. The van der Waals surface area contributed by atoms with Gasteiger partial charge < -0.3 is 9.30 Å². The highest BCUT2D eigenvalue weighted by atomic mass is 31.0. The van der Waals surface area contributed by atoms with E-state index in [0.717, 1.165) is 13.1 Å². The molecule has 1 unspecified atom stereocenters. The first kappa shape index (κ1) is 11.1. The van der Waals surface area contributed by atoms with Crippen molar-refractivity contribution in [1.29, 1.82) is 0 Å². The SMILES string of the molecule is CCOC(=O)c1cn(CCNP)cn1. The third-order valence-corrected chi connectivity index (χ3v) is 1.92. The molecule has 1 atom stereocenters. The lowest BCUT2D eigenvalue weighted by Gasteiger charge is -1.99. The first-order valence-corrected chi connectivity index (χ1v) is 4.98. The Balaban J connectivity index is 2.54. The molecule has 0 bridgehead atoms. The highest BCUT2D eigenvalue weighted by Crippen LogP contribution is 1.98. The average molecular weight is 215 g/mol. The van der Waals surface area contributed by atoms with Gasteiger partial charge in [-0.3, -0.25) is 5.09 Å². The third kappa shape index (κ3) is 3.09. The van der Waals surface area contributed by atoms with Crippen LogP contribution in [0.1, 0.15) is 17.4 Å². The molecule has 0 spiro atoms. The van der Waals surface area contributed by atoms with E-state index in [4.69, 9.17) is 4.74 Å². The summed E-state index contributed by atoms with van der Waals surface area (Å²) < 4.78 is 6.65. The second kappa shape index (κ2) is 5.73. The molecule has 0 radical (unpaired) electrons. The Morgan fingerprint density at radius 1 is 1.79 bits per heavy atom. The van der Waals surface area contributed by atoms with Gasteiger partial charge in [-0.2, -0.15) is 0 Å². The molecule has 5 nitrogen and oxygen atoms in total. The molecule has 0 aromatic carbocycles. The number of carbonyl (C=O) groups is 1. The monoisotopic (exact) mass is 215 g/mol. The Hall–Kier alpha value is -0.930. The van der Waals surface area contributed by atoms with Crippen LogP contribution in [0.4, 0.5) is 0 Å². The van der Waals surface area contributed by atoms with Gasteiger partial charge in [-0.1, -0.05) is 9.39 Å². The summed E-state index contributed by atoms with van der Waals surface area (Å²) in [6.07, 6.45) is 3.30. The summed E-state index contributed by atoms with van der Waals surface area (Å²) in [6, 6.07) is 0. The zero-order chi connectivity index (χ0) is 10.4. The minimum Gasteiger partial charge on any atom is -0.461 e. The molecule has 1 aromatic heterocycles. The largest absolute Gasteiger partial charge is 0.461 e. The highest BCUT2D eigenvalue weighted by molar-refractivity contribution is 7.13. The van der Waals surface area contributed by atoms with Gasteiger partial charge in [0.15, 0.2) is 5.69 Å². The van der Waals surface area contributed by atoms with E-state index in [9.17, 15) is 4.79 Å². The first-order valence-electron chi connectivity index (χ1n) is 4.40. The van der Waals surface area contributed by atoms with Gasteiger partial charge in [0.25, 0.3) is 0 Å². The van der Waals surface area contributed by atoms with Crippen molar-refractivity contribution < 1.29 is 9.53 Å². The highest BCUT2D eigenvalue weighted by Gasteiger charge is 2.09. The Morgan fingerprint density at radius 2 is 2.57 bits per heavy atom. The van der Waals surface area contributed by atoms with E-state index in [1.165, 1.54) is 0 Å². The second-order valence-corrected chi connectivity index (χ2v) is 3.08. The standard InChI is InChI=1S/C8H14N3O2P/c1-2-13-8(12)7-5-11(6-9-7)4-3-10-14/h5-6,10H,2-4,14H2,1H3. The number of hydrogen-bond acceptors (Lipinski definition) is 4. The minimum atomic E-state index is -0.370. The predicted molar refractivity (Wildman–Crippen MR) is 55.9 cm³/mol. The van der Waals surface area contributed by atoms with Crippen LogP contribution in [0.15, 0.2) is 12.5 Å². The van der Waals surface area contributed by atoms with E-state index in [1.807, 2.05) is 4.57 Å². The van der Waals surface area contributed by atoms with Crippen LogP contribution in [0.3, 0.4) is 0 Å². The number of nitrogens with one attached hydrogen (secondary N) is 1. The lowest BCUT2D eigenvalue weighted by atomic mass is 10.5. The van der Waals surface area contributed by atoms with E-state index in [-0.39, 0.29) is 5.97 Å². The summed E-state index contributed by atoms with van der Waals surface area (Å²) in [5.41, 5.74) is 0.357. The Labute approximate surface area is 85.1 Å². The number of aromatic nitrogens is 2. The van der Waals surface area contributed by atoms with Crippen molar-refractivity contribution in [1.82, 2.24) is 14.6 Å². The molecule has 0 saturated heterocycles. The van der Waals surface area contributed by atoms with Crippen molar-refractivity contribution in [2.45, 2.75) is 13.5 Å². The Bertz CT molecular complexity index is 301. The van der Waals surface area contributed by atoms with Crippen LogP contribution in [0.25, 0.3) is 0 Å². The van der Waals surface area contributed by atoms with Gasteiger partial charge in [-0.15, -0.1) is 0 Å². The fourth-order valence-electron chi connectivity index (χ4n) is 0.986. The van der Waals surface area contributed by atoms with Crippen LogP contribution in [-0.4, -0.2) is 28.7 Å². The molecule has 6 heteroatoms. The van der Waals surface area contributed by atoms with Crippen LogP contribution in [0.2, 0.25) is 0 Å². The summed E-state index contributed by atoms with van der Waals surface area (Å²) >= 11 is 0. The van der Waals surface area contributed by atoms with E-state index >= 15 is 0 Å². The second-order valence-electron chi connectivity index (χ2n) is 2.67. The zero-order valence-corrected chi connectivity index (χ0v) is 9.22. The number of rotatable bonds is 5. The average Bonchev–Trinajstić information content (AvgIpc) is 2.63. The minimum absolute atomic E-state index is 0.357. The van der Waals surface area contributed by atoms with Gasteiger partial charge in [0.05, 0.1) is 12.9 Å². The maximum absolute atomic E-state index is 11.2. The molecule has 0 amide bonds. The van der Waals surface area contributed by atoms with Crippen LogP contribution >= 0.6 is 9.39 Å². The molecule has 0 aliphatic rings. The van der Waals surface area contributed by atoms with Gasteiger partial charge >= 0.3 is 5.97 Å². The maximum Gasteiger partial charge on any atom is 0.358 e. The van der Waals surface area contributed by atoms with E-state index in [1.54, 1.807) is 19.4 Å². The summed E-state index contributed by atoms with van der Waals surface area (Å²) in [7, 11) is 2.42. The molecule has 0 saturated carbocycles. The molecule has 0 aliphatic carbocycles. The van der Waals surface area contributed by atoms with Crippen LogP contribution in [-0.2, 0) is 11.3 Å². The quantitative estimate of drug-likeness (QED) is 0.572. The van der Waals surface area contributed by atoms with Crippen molar-refractivity contribution in [2.75, 3.05) is 13.2 Å². The fraction of sp³-hybridized carbons (Fsp3) is 0.500. The molecule has 0 fully saturated rings. The number of nitrogens with zero attached hydrogens (tertiary/aromatic N) is 2. The lowest BCUT2D eigenvalue weighted by molar-refractivity contribution is 0.0520. The van der Waals surface area contributed by atoms with Crippen LogP contribution < -0.4 is 5.09 Å². The van der Waals surface area contributed by atoms with E-state index in [2.05, 4.69) is 19.5 Å². The normalized spacial score (nSPS) is 10.1. The molecule has 0 aliphatic heterocycles. The van der Waals surface area contributed by atoms with Crippen molar-refractivity contribution in [3.63, 3.8) is 0 Å². The molecule has 1 heterocycles. The molecule has 1 rings (SSSR count). The van der Waals surface area contributed by atoms with E-state index < -0.39 is 0 Å². The van der Waals surface area contributed by atoms with Crippen molar-refractivity contribution in [2.24, 2.45) is 0 Å². The molecular formula is C8H14N3O2P. The van der Waals surface area contributed by atoms with Gasteiger partial charge in [0.2, 0.25) is 0 Å². The smallest absolute Gasteiger partial charge is 0.358 e. The summed E-state index contributed by atoms with van der Waals surface area (Å²) in [5.74, 6) is -0.370. The van der Waals surface area contributed by atoms with Gasteiger partial charge in [0.1, 0.15) is 0 Å². The Morgan fingerprint density at radius 3 is 3.21 bits per heavy atom.